The standard InChI is InChI=1S/C11H14N6OS/c12-14-9-7(2-1-5-13-9)6-19-11-16-15-10(18)17(11)8-3-4-8/h1-2,5,8H,3-4,6,12H2,(H,13,14)(H,15,18). The number of rotatable bonds is 5. The van der Waals surface area contributed by atoms with E-state index in [0.717, 1.165) is 23.6 Å². The number of aromatic amines is 1. The second kappa shape index (κ2) is 5.06. The molecule has 7 nitrogen and oxygen atoms in total. The maximum absolute atomic E-state index is 11.6. The number of anilines is 1. The lowest BCUT2D eigenvalue weighted by Gasteiger charge is -2.07. The normalized spacial score (nSPS) is 14.6. The lowest BCUT2D eigenvalue weighted by molar-refractivity contribution is 0.642. The minimum atomic E-state index is -0.131. The van der Waals surface area contributed by atoms with Gasteiger partial charge in [-0.3, -0.25) is 4.57 Å². The number of nitrogens with one attached hydrogen (secondary N) is 2. The number of nitrogens with zero attached hydrogens (tertiary/aromatic N) is 3. The van der Waals surface area contributed by atoms with Crippen LogP contribution in [0.3, 0.4) is 0 Å². The van der Waals surface area contributed by atoms with Crippen molar-refractivity contribution in [2.45, 2.75) is 29.8 Å². The van der Waals surface area contributed by atoms with Crippen molar-refractivity contribution in [3.63, 3.8) is 0 Å². The van der Waals surface area contributed by atoms with E-state index < -0.39 is 0 Å². The Kier molecular flexibility index (Phi) is 3.26. The van der Waals surface area contributed by atoms with Crippen molar-refractivity contribution in [1.29, 1.82) is 0 Å². The van der Waals surface area contributed by atoms with E-state index >= 15 is 0 Å². The average Bonchev–Trinajstić information content (AvgIpc) is 3.20. The molecule has 0 bridgehead atoms. The number of hydrogen-bond acceptors (Lipinski definition) is 6. The molecule has 1 aliphatic carbocycles. The smallest absolute Gasteiger partial charge is 0.308 e. The van der Waals surface area contributed by atoms with Gasteiger partial charge in [0.15, 0.2) is 5.16 Å². The third-order valence-electron chi connectivity index (χ3n) is 2.97. The Balaban J connectivity index is 1.77. The summed E-state index contributed by atoms with van der Waals surface area (Å²) >= 11 is 1.50. The van der Waals surface area contributed by atoms with Gasteiger partial charge in [-0.1, -0.05) is 17.8 Å². The van der Waals surface area contributed by atoms with Crippen LogP contribution < -0.4 is 17.0 Å². The molecule has 0 atom stereocenters. The van der Waals surface area contributed by atoms with Gasteiger partial charge in [0.05, 0.1) is 0 Å². The van der Waals surface area contributed by atoms with Crippen molar-refractivity contribution in [3.8, 4) is 0 Å². The Morgan fingerprint density at radius 1 is 1.58 bits per heavy atom. The van der Waals surface area contributed by atoms with Gasteiger partial charge in [-0.25, -0.2) is 20.7 Å². The molecule has 0 spiro atoms. The van der Waals surface area contributed by atoms with Gasteiger partial charge >= 0.3 is 5.69 Å². The summed E-state index contributed by atoms with van der Waals surface area (Å²) in [6, 6.07) is 4.12. The highest BCUT2D eigenvalue weighted by Crippen LogP contribution is 2.36. The van der Waals surface area contributed by atoms with Crippen molar-refractivity contribution >= 4 is 17.6 Å². The minimum absolute atomic E-state index is 0.131. The molecule has 0 radical (unpaired) electrons. The van der Waals surface area contributed by atoms with E-state index in [1.54, 1.807) is 10.8 Å². The fourth-order valence-electron chi connectivity index (χ4n) is 1.87. The zero-order valence-electron chi connectivity index (χ0n) is 10.2. The van der Waals surface area contributed by atoms with Crippen LogP contribution in [0.2, 0.25) is 0 Å². The summed E-state index contributed by atoms with van der Waals surface area (Å²) in [6.45, 7) is 0. The molecule has 0 aromatic carbocycles. The van der Waals surface area contributed by atoms with Crippen molar-refractivity contribution < 1.29 is 0 Å². The summed E-state index contributed by atoms with van der Waals surface area (Å²) in [5.74, 6) is 6.71. The van der Waals surface area contributed by atoms with Crippen LogP contribution in [0.15, 0.2) is 28.3 Å². The third kappa shape index (κ3) is 2.49. The summed E-state index contributed by atoms with van der Waals surface area (Å²) in [6.07, 6.45) is 3.78. The van der Waals surface area contributed by atoms with Crippen molar-refractivity contribution in [2.24, 2.45) is 5.84 Å². The van der Waals surface area contributed by atoms with Crippen LogP contribution >= 0.6 is 11.8 Å². The van der Waals surface area contributed by atoms with Crippen molar-refractivity contribution in [3.05, 3.63) is 34.4 Å². The molecule has 8 heteroatoms. The van der Waals surface area contributed by atoms with Gasteiger partial charge in [-0.2, -0.15) is 0 Å². The first-order chi connectivity index (χ1) is 9.29. The SMILES string of the molecule is NNc1ncccc1CSc1n[nH]c(=O)n1C1CC1. The van der Waals surface area contributed by atoms with E-state index in [4.69, 9.17) is 5.84 Å². The number of hydrogen-bond donors (Lipinski definition) is 3. The molecule has 0 amide bonds. The highest BCUT2D eigenvalue weighted by atomic mass is 32.2. The highest BCUT2D eigenvalue weighted by molar-refractivity contribution is 7.98. The van der Waals surface area contributed by atoms with E-state index in [1.165, 1.54) is 11.8 Å². The quantitative estimate of drug-likeness (QED) is 0.426. The fraction of sp³-hybridized carbons (Fsp3) is 0.364. The molecule has 0 unspecified atom stereocenters. The Morgan fingerprint density at radius 3 is 3.16 bits per heavy atom. The minimum Gasteiger partial charge on any atom is -0.308 e. The molecule has 0 aliphatic heterocycles. The van der Waals surface area contributed by atoms with Crippen LogP contribution in [0.1, 0.15) is 24.4 Å². The van der Waals surface area contributed by atoms with Crippen LogP contribution in [0.5, 0.6) is 0 Å². The molecule has 0 saturated heterocycles. The van der Waals surface area contributed by atoms with Gasteiger partial charge in [0.1, 0.15) is 5.82 Å². The van der Waals surface area contributed by atoms with Crippen LogP contribution in [-0.2, 0) is 5.75 Å². The van der Waals surface area contributed by atoms with Gasteiger partial charge < -0.3 is 5.43 Å². The molecule has 2 heterocycles. The average molecular weight is 278 g/mol. The summed E-state index contributed by atoms with van der Waals surface area (Å²) in [5.41, 5.74) is 3.41. The van der Waals surface area contributed by atoms with Gasteiger partial charge in [0.25, 0.3) is 0 Å². The topological polar surface area (TPSA) is 102 Å². The van der Waals surface area contributed by atoms with E-state index in [0.29, 0.717) is 17.6 Å². The summed E-state index contributed by atoms with van der Waals surface area (Å²) < 4.78 is 1.73. The second-order valence-corrected chi connectivity index (χ2v) is 5.30. The van der Waals surface area contributed by atoms with Crippen LogP contribution in [0, 0.1) is 0 Å². The molecule has 2 aromatic heterocycles. The number of aromatic nitrogens is 4. The molecule has 100 valence electrons. The molecule has 1 saturated carbocycles. The highest BCUT2D eigenvalue weighted by Gasteiger charge is 2.28. The third-order valence-corrected chi connectivity index (χ3v) is 3.97. The summed E-state index contributed by atoms with van der Waals surface area (Å²) in [7, 11) is 0. The molecular weight excluding hydrogens is 264 g/mol. The van der Waals surface area contributed by atoms with Crippen LogP contribution in [-0.4, -0.2) is 19.7 Å². The number of thioether (sulfide) groups is 1. The largest absolute Gasteiger partial charge is 0.344 e. The second-order valence-electron chi connectivity index (χ2n) is 4.36. The first-order valence-electron chi connectivity index (χ1n) is 6.00. The number of pyridine rings is 1. The van der Waals surface area contributed by atoms with Crippen LogP contribution in [0.4, 0.5) is 5.82 Å². The molecular formula is C11H14N6OS. The Labute approximate surface area is 113 Å². The zero-order chi connectivity index (χ0) is 13.2. The van der Waals surface area contributed by atoms with Crippen LogP contribution in [0.25, 0.3) is 0 Å². The number of nitrogens with two attached hydrogens (primary N) is 1. The first kappa shape index (κ1) is 12.2. The molecule has 4 N–H and O–H groups in total. The van der Waals surface area contributed by atoms with E-state index in [1.807, 2.05) is 12.1 Å². The number of hydrazine groups is 1. The van der Waals surface area contributed by atoms with E-state index in [2.05, 4.69) is 20.6 Å². The van der Waals surface area contributed by atoms with E-state index in [-0.39, 0.29) is 5.69 Å². The molecule has 19 heavy (non-hydrogen) atoms. The molecule has 1 aliphatic rings. The number of nitrogen functional groups attached to an aromatic ring is 1. The summed E-state index contributed by atoms with van der Waals surface area (Å²) in [5, 5.41) is 7.29. The lowest BCUT2D eigenvalue weighted by atomic mass is 10.3. The zero-order valence-corrected chi connectivity index (χ0v) is 11.0. The van der Waals surface area contributed by atoms with Crippen molar-refractivity contribution in [1.82, 2.24) is 19.7 Å². The molecule has 1 fully saturated rings. The van der Waals surface area contributed by atoms with Gasteiger partial charge in [0, 0.05) is 23.6 Å². The van der Waals surface area contributed by atoms with Gasteiger partial charge in [-0.15, -0.1) is 5.10 Å². The monoisotopic (exact) mass is 278 g/mol. The Morgan fingerprint density at radius 2 is 2.42 bits per heavy atom. The fourth-order valence-corrected chi connectivity index (χ4v) is 2.87. The maximum Gasteiger partial charge on any atom is 0.344 e. The summed E-state index contributed by atoms with van der Waals surface area (Å²) in [4.78, 5) is 15.8. The molecule has 2 aromatic rings. The number of H-pyrrole nitrogens is 1. The first-order valence-corrected chi connectivity index (χ1v) is 6.98. The van der Waals surface area contributed by atoms with Crippen molar-refractivity contribution in [2.75, 3.05) is 5.43 Å². The van der Waals surface area contributed by atoms with Gasteiger partial charge in [-0.05, 0) is 18.9 Å². The predicted molar refractivity (Wildman–Crippen MR) is 72.7 cm³/mol. The molecule has 3 rings (SSSR count). The maximum atomic E-state index is 11.6. The Hall–Kier alpha value is -1.80. The van der Waals surface area contributed by atoms with Gasteiger partial charge in [0.2, 0.25) is 0 Å². The Bertz CT molecular complexity index is 632. The predicted octanol–water partition coefficient (Wildman–Crippen LogP) is 0.879. The van der Waals surface area contributed by atoms with E-state index in [9.17, 15) is 4.79 Å². The lowest BCUT2D eigenvalue weighted by Crippen LogP contribution is -2.16.